The van der Waals surface area contributed by atoms with Crippen molar-refractivity contribution in [3.8, 4) is 0 Å². The second kappa shape index (κ2) is 11.7. The summed E-state index contributed by atoms with van der Waals surface area (Å²) >= 11 is 0. The maximum Gasteiger partial charge on any atom is 0.333 e. The highest BCUT2D eigenvalue weighted by Gasteiger charge is 2.51. The van der Waals surface area contributed by atoms with Gasteiger partial charge in [-0.2, -0.15) is 0 Å². The molecule has 5 nitrogen and oxygen atoms in total. The zero-order chi connectivity index (χ0) is 25.5. The van der Waals surface area contributed by atoms with Gasteiger partial charge in [-0.15, -0.1) is 0 Å². The van der Waals surface area contributed by atoms with E-state index in [1.54, 1.807) is 0 Å². The first kappa shape index (κ1) is 26.7. The average Bonchev–Trinajstić information content (AvgIpc) is 3.82. The van der Waals surface area contributed by atoms with E-state index in [1.807, 2.05) is 64.1 Å². The second-order valence-corrected chi connectivity index (χ2v) is 9.74. The number of barbiturate groups is 1. The maximum atomic E-state index is 13.3. The second-order valence-electron chi connectivity index (χ2n) is 9.74. The molecule has 0 aromatic heterocycles. The molecular formula is C30H40N2O3. The van der Waals surface area contributed by atoms with Gasteiger partial charge in [-0.1, -0.05) is 88.4 Å². The number of hydrogen-bond donors (Lipinski definition) is 0. The number of carbonyl (C=O) groups excluding carboxylic acids is 3. The van der Waals surface area contributed by atoms with Gasteiger partial charge in [-0.3, -0.25) is 19.4 Å². The molecule has 188 valence electrons. The van der Waals surface area contributed by atoms with Gasteiger partial charge in [-0.05, 0) is 60.5 Å². The van der Waals surface area contributed by atoms with Crippen LogP contribution in [0.4, 0.5) is 4.79 Å². The monoisotopic (exact) mass is 476 g/mol. The van der Waals surface area contributed by atoms with Crippen LogP contribution in [0.25, 0.3) is 0 Å². The third kappa shape index (κ3) is 6.59. The van der Waals surface area contributed by atoms with Gasteiger partial charge in [0.1, 0.15) is 6.42 Å². The van der Waals surface area contributed by atoms with Crippen molar-refractivity contribution in [1.29, 1.82) is 0 Å². The van der Waals surface area contributed by atoms with Gasteiger partial charge in [0.15, 0.2) is 0 Å². The highest BCUT2D eigenvalue weighted by atomic mass is 16.2. The summed E-state index contributed by atoms with van der Waals surface area (Å²) < 4.78 is 0. The number of rotatable bonds is 8. The first-order valence-corrected chi connectivity index (χ1v) is 13.2. The van der Waals surface area contributed by atoms with Crippen LogP contribution < -0.4 is 0 Å². The lowest BCUT2D eigenvalue weighted by atomic mass is 9.94. The van der Waals surface area contributed by atoms with E-state index in [0.717, 1.165) is 38.5 Å². The molecule has 3 fully saturated rings. The van der Waals surface area contributed by atoms with E-state index in [-0.39, 0.29) is 29.1 Å². The lowest BCUT2D eigenvalue weighted by Gasteiger charge is -2.36. The molecule has 1 saturated heterocycles. The third-order valence-corrected chi connectivity index (χ3v) is 7.11. The number of amides is 4. The summed E-state index contributed by atoms with van der Waals surface area (Å²) in [5.41, 5.74) is 2.37. The minimum atomic E-state index is -0.417. The largest absolute Gasteiger partial charge is 0.333 e. The van der Waals surface area contributed by atoms with Gasteiger partial charge >= 0.3 is 6.03 Å². The molecule has 2 aromatic carbocycles. The predicted molar refractivity (Wildman–Crippen MR) is 140 cm³/mol. The Morgan fingerprint density at radius 3 is 1.26 bits per heavy atom. The van der Waals surface area contributed by atoms with Crippen molar-refractivity contribution in [2.24, 2.45) is 10.8 Å². The zero-order valence-electron chi connectivity index (χ0n) is 21.8. The Bertz CT molecular complexity index is 915. The Hall–Kier alpha value is -2.95. The Balaban J connectivity index is 0.000000815. The molecule has 0 atom stereocenters. The summed E-state index contributed by atoms with van der Waals surface area (Å²) in [6.07, 6.45) is 5.54. The van der Waals surface area contributed by atoms with Crippen molar-refractivity contribution >= 4 is 17.8 Å². The molecule has 0 spiro atoms. The highest BCUT2D eigenvalue weighted by Crippen LogP contribution is 2.51. The van der Waals surface area contributed by atoms with Gasteiger partial charge in [0.25, 0.3) is 0 Å². The van der Waals surface area contributed by atoms with E-state index in [1.165, 1.54) is 20.9 Å². The van der Waals surface area contributed by atoms with Crippen molar-refractivity contribution < 1.29 is 14.4 Å². The molecule has 0 unspecified atom stereocenters. The first-order valence-electron chi connectivity index (χ1n) is 13.2. The van der Waals surface area contributed by atoms with Crippen molar-refractivity contribution in [2.75, 3.05) is 13.1 Å². The molecule has 2 aromatic rings. The van der Waals surface area contributed by atoms with Crippen molar-refractivity contribution in [3.63, 3.8) is 0 Å². The molecule has 5 rings (SSSR count). The number of urea groups is 1. The van der Waals surface area contributed by atoms with Crippen molar-refractivity contribution in [2.45, 2.75) is 72.6 Å². The third-order valence-electron chi connectivity index (χ3n) is 7.11. The summed E-state index contributed by atoms with van der Waals surface area (Å²) in [5.74, 6) is -0.697. The lowest BCUT2D eigenvalue weighted by Crippen LogP contribution is -2.57. The summed E-state index contributed by atoms with van der Waals surface area (Å²) in [5, 5.41) is 0. The zero-order valence-corrected chi connectivity index (χ0v) is 21.8. The van der Waals surface area contributed by atoms with Crippen LogP contribution in [0, 0.1) is 10.8 Å². The molecule has 0 radical (unpaired) electrons. The van der Waals surface area contributed by atoms with Crippen LogP contribution in [-0.2, 0) is 22.4 Å². The van der Waals surface area contributed by atoms with Gasteiger partial charge in [-0.25, -0.2) is 4.79 Å². The highest BCUT2D eigenvalue weighted by molar-refractivity contribution is 6.14. The number of hydrogen-bond acceptors (Lipinski definition) is 3. The quantitative estimate of drug-likeness (QED) is 0.422. The predicted octanol–water partition coefficient (Wildman–Crippen LogP) is 6.27. The molecule has 0 N–H and O–H groups in total. The van der Waals surface area contributed by atoms with E-state index in [2.05, 4.69) is 24.3 Å². The van der Waals surface area contributed by atoms with Crippen molar-refractivity contribution in [1.82, 2.24) is 9.80 Å². The van der Waals surface area contributed by atoms with Gasteiger partial charge < -0.3 is 0 Å². The molecule has 2 saturated carbocycles. The van der Waals surface area contributed by atoms with Crippen LogP contribution in [-0.4, -0.2) is 40.7 Å². The van der Waals surface area contributed by atoms with Gasteiger partial charge in [0.05, 0.1) is 0 Å². The van der Waals surface area contributed by atoms with Crippen LogP contribution in [0.15, 0.2) is 60.7 Å². The van der Waals surface area contributed by atoms with E-state index in [9.17, 15) is 14.4 Å². The summed E-state index contributed by atoms with van der Waals surface area (Å²) in [6, 6.07) is 20.0. The maximum absolute atomic E-state index is 13.3. The Labute approximate surface area is 210 Å². The van der Waals surface area contributed by atoms with E-state index in [4.69, 9.17) is 0 Å². The topological polar surface area (TPSA) is 57.7 Å². The normalized spacial score (nSPS) is 19.3. The Morgan fingerprint density at radius 1 is 0.600 bits per heavy atom. The standard InChI is InChI=1S/C26H28N2O3.2C2H6/c29-22-15-23(30)28(19-26(13-14-26)17-21-9-5-2-6-10-21)24(31)27(22)18-25(11-12-25)16-20-7-3-1-4-8-20;2*1-2/h1-10H,11-19H2;2*1-2H3. The summed E-state index contributed by atoms with van der Waals surface area (Å²) in [6.45, 7) is 8.82. The van der Waals surface area contributed by atoms with Crippen LogP contribution in [0.5, 0.6) is 0 Å². The minimum absolute atomic E-state index is 0.0416. The molecule has 3 aliphatic rings. The molecule has 4 amide bonds. The number of nitrogens with zero attached hydrogens (tertiary/aromatic N) is 2. The Morgan fingerprint density at radius 2 is 0.943 bits per heavy atom. The van der Waals surface area contributed by atoms with Gasteiger partial charge in [0.2, 0.25) is 11.8 Å². The fourth-order valence-electron chi connectivity index (χ4n) is 4.85. The Kier molecular flexibility index (Phi) is 8.87. The van der Waals surface area contributed by atoms with Crippen LogP contribution in [0.1, 0.15) is 70.9 Å². The molecule has 2 aliphatic carbocycles. The lowest BCUT2D eigenvalue weighted by molar-refractivity contribution is -0.143. The number of carbonyl (C=O) groups is 3. The van der Waals surface area contributed by atoms with Crippen molar-refractivity contribution in [3.05, 3.63) is 71.8 Å². The summed E-state index contributed by atoms with van der Waals surface area (Å²) in [4.78, 5) is 41.3. The smallest absolute Gasteiger partial charge is 0.274 e. The fraction of sp³-hybridized carbons (Fsp3) is 0.500. The molecule has 5 heteroatoms. The van der Waals surface area contributed by atoms with Crippen LogP contribution >= 0.6 is 0 Å². The number of imide groups is 2. The van der Waals surface area contributed by atoms with E-state index < -0.39 is 6.03 Å². The first-order chi connectivity index (χ1) is 17.0. The molecule has 35 heavy (non-hydrogen) atoms. The molecule has 1 aliphatic heterocycles. The number of benzene rings is 2. The molecular weight excluding hydrogens is 436 g/mol. The van der Waals surface area contributed by atoms with E-state index in [0.29, 0.717) is 13.1 Å². The summed E-state index contributed by atoms with van der Waals surface area (Å²) in [7, 11) is 0. The molecule has 1 heterocycles. The minimum Gasteiger partial charge on any atom is -0.274 e. The SMILES string of the molecule is CC.CC.O=C1CC(=O)N(CC2(Cc3ccccc3)CC2)C(=O)N1CC1(Cc2ccccc2)CC1. The van der Waals surface area contributed by atoms with E-state index >= 15 is 0 Å². The fourth-order valence-corrected chi connectivity index (χ4v) is 4.85. The van der Waals surface area contributed by atoms with Crippen LogP contribution in [0.2, 0.25) is 0 Å². The van der Waals surface area contributed by atoms with Gasteiger partial charge in [0, 0.05) is 13.1 Å². The van der Waals surface area contributed by atoms with Crippen LogP contribution in [0.3, 0.4) is 0 Å². The average molecular weight is 477 g/mol. The molecule has 0 bridgehead atoms.